The van der Waals surface area contributed by atoms with Gasteiger partial charge in [-0.25, -0.2) is 0 Å². The second kappa shape index (κ2) is 7.77. The van der Waals surface area contributed by atoms with Crippen LogP contribution in [0.4, 0.5) is 0 Å². The van der Waals surface area contributed by atoms with Crippen molar-refractivity contribution in [2.75, 3.05) is 45.9 Å². The summed E-state index contributed by atoms with van der Waals surface area (Å²) in [5.74, 6) is 0.998. The molecule has 3 aliphatic rings. The molecular formula is C17H32N2O. The normalized spacial score (nSPS) is 30.3. The lowest BCUT2D eigenvalue weighted by Crippen LogP contribution is -2.38. The number of piperidine rings is 1. The third-order valence-electron chi connectivity index (χ3n) is 5.48. The molecule has 3 heteroatoms. The summed E-state index contributed by atoms with van der Waals surface area (Å²) < 4.78 is 5.76. The lowest BCUT2D eigenvalue weighted by atomic mass is 9.92. The van der Waals surface area contributed by atoms with Crippen LogP contribution in [0.5, 0.6) is 0 Å². The summed E-state index contributed by atoms with van der Waals surface area (Å²) in [6, 6.07) is 0. The van der Waals surface area contributed by atoms with E-state index in [9.17, 15) is 0 Å². The van der Waals surface area contributed by atoms with E-state index in [2.05, 4.69) is 9.80 Å². The van der Waals surface area contributed by atoms with Crippen LogP contribution in [0.25, 0.3) is 0 Å². The highest BCUT2D eigenvalue weighted by atomic mass is 16.5. The second-order valence-corrected chi connectivity index (χ2v) is 7.07. The maximum absolute atomic E-state index is 5.76. The van der Waals surface area contributed by atoms with Crippen LogP contribution in [-0.4, -0.2) is 61.8 Å². The van der Waals surface area contributed by atoms with Crippen molar-refractivity contribution in [3.05, 3.63) is 0 Å². The summed E-state index contributed by atoms with van der Waals surface area (Å²) in [4.78, 5) is 5.31. The van der Waals surface area contributed by atoms with Gasteiger partial charge in [-0.3, -0.25) is 0 Å². The zero-order valence-electron chi connectivity index (χ0n) is 13.1. The standard InChI is InChI=1S/C17H32N2O/c1-2-10-18(9-1)11-3-5-16-7-12-19(13-8-16)15-17-6-4-14-20-17/h16-17H,1-15H2/t17-/m1/s1. The quantitative estimate of drug-likeness (QED) is 0.744. The fourth-order valence-corrected chi connectivity index (χ4v) is 4.14. The molecule has 20 heavy (non-hydrogen) atoms. The third-order valence-corrected chi connectivity index (χ3v) is 5.48. The molecule has 0 radical (unpaired) electrons. The van der Waals surface area contributed by atoms with Crippen LogP contribution < -0.4 is 0 Å². The van der Waals surface area contributed by atoms with Gasteiger partial charge in [-0.15, -0.1) is 0 Å². The molecule has 0 aliphatic carbocycles. The van der Waals surface area contributed by atoms with E-state index in [1.54, 1.807) is 0 Å². The zero-order valence-corrected chi connectivity index (χ0v) is 13.1. The van der Waals surface area contributed by atoms with Gasteiger partial charge in [0.2, 0.25) is 0 Å². The largest absolute Gasteiger partial charge is 0.377 e. The van der Waals surface area contributed by atoms with E-state index in [1.807, 2.05) is 0 Å². The highest BCUT2D eigenvalue weighted by molar-refractivity contribution is 4.77. The van der Waals surface area contributed by atoms with E-state index < -0.39 is 0 Å². The molecule has 0 aromatic rings. The maximum Gasteiger partial charge on any atom is 0.0702 e. The molecule has 3 aliphatic heterocycles. The molecule has 3 nitrogen and oxygen atoms in total. The number of rotatable bonds is 6. The van der Waals surface area contributed by atoms with Crippen molar-refractivity contribution in [2.45, 2.75) is 57.5 Å². The van der Waals surface area contributed by atoms with Crippen LogP contribution in [0.1, 0.15) is 51.4 Å². The lowest BCUT2D eigenvalue weighted by molar-refractivity contribution is 0.0588. The Kier molecular flexibility index (Phi) is 5.75. The first kappa shape index (κ1) is 14.8. The minimum absolute atomic E-state index is 0.543. The summed E-state index contributed by atoms with van der Waals surface area (Å²) in [5.41, 5.74) is 0. The van der Waals surface area contributed by atoms with Crippen LogP contribution in [0.15, 0.2) is 0 Å². The second-order valence-electron chi connectivity index (χ2n) is 7.07. The molecule has 0 aromatic heterocycles. The highest BCUT2D eigenvalue weighted by Crippen LogP contribution is 2.24. The number of ether oxygens (including phenoxy) is 1. The molecule has 0 saturated carbocycles. The predicted molar refractivity (Wildman–Crippen MR) is 83.0 cm³/mol. The summed E-state index contributed by atoms with van der Waals surface area (Å²) in [6.45, 7) is 8.90. The molecular weight excluding hydrogens is 248 g/mol. The lowest BCUT2D eigenvalue weighted by Gasteiger charge is -2.33. The summed E-state index contributed by atoms with van der Waals surface area (Å²) in [7, 11) is 0. The van der Waals surface area contributed by atoms with Gasteiger partial charge in [0.05, 0.1) is 6.10 Å². The summed E-state index contributed by atoms with van der Waals surface area (Å²) in [5, 5.41) is 0. The van der Waals surface area contributed by atoms with Crippen molar-refractivity contribution in [3.63, 3.8) is 0 Å². The number of hydrogen-bond donors (Lipinski definition) is 0. The van der Waals surface area contributed by atoms with Gasteiger partial charge in [0.1, 0.15) is 0 Å². The van der Waals surface area contributed by atoms with Gasteiger partial charge >= 0.3 is 0 Å². The molecule has 0 aromatic carbocycles. The number of likely N-dealkylation sites (tertiary alicyclic amines) is 2. The van der Waals surface area contributed by atoms with Crippen LogP contribution in [-0.2, 0) is 4.74 Å². The number of nitrogens with zero attached hydrogens (tertiary/aromatic N) is 2. The Hall–Kier alpha value is -0.120. The Morgan fingerprint density at radius 3 is 2.35 bits per heavy atom. The minimum Gasteiger partial charge on any atom is -0.377 e. The zero-order chi connectivity index (χ0) is 13.6. The predicted octanol–water partition coefficient (Wildman–Crippen LogP) is 2.75. The van der Waals surface area contributed by atoms with Crippen LogP contribution >= 0.6 is 0 Å². The monoisotopic (exact) mass is 280 g/mol. The van der Waals surface area contributed by atoms with Crippen molar-refractivity contribution in [2.24, 2.45) is 5.92 Å². The molecule has 3 rings (SSSR count). The van der Waals surface area contributed by atoms with Gasteiger partial charge < -0.3 is 14.5 Å². The van der Waals surface area contributed by atoms with E-state index in [-0.39, 0.29) is 0 Å². The first-order valence-electron chi connectivity index (χ1n) is 8.96. The van der Waals surface area contributed by atoms with Crippen LogP contribution in [0.2, 0.25) is 0 Å². The van der Waals surface area contributed by atoms with E-state index >= 15 is 0 Å². The average molecular weight is 280 g/mol. The molecule has 0 unspecified atom stereocenters. The van der Waals surface area contributed by atoms with Crippen LogP contribution in [0.3, 0.4) is 0 Å². The van der Waals surface area contributed by atoms with Gasteiger partial charge in [0.15, 0.2) is 0 Å². The number of hydrogen-bond acceptors (Lipinski definition) is 3. The molecule has 3 saturated heterocycles. The SMILES string of the molecule is C1CO[C@@H](CN2CCC(CCCN3CCCC3)CC2)C1. The topological polar surface area (TPSA) is 15.7 Å². The minimum atomic E-state index is 0.543. The Bertz CT molecular complexity index is 264. The first-order chi connectivity index (χ1) is 9.90. The fraction of sp³-hybridized carbons (Fsp3) is 1.00. The van der Waals surface area contributed by atoms with E-state index in [1.165, 1.54) is 90.6 Å². The Balaban J connectivity index is 1.26. The van der Waals surface area contributed by atoms with Crippen molar-refractivity contribution < 1.29 is 4.74 Å². The Morgan fingerprint density at radius 1 is 0.850 bits per heavy atom. The van der Waals surface area contributed by atoms with E-state index in [0.29, 0.717) is 6.10 Å². The maximum atomic E-state index is 5.76. The fourth-order valence-electron chi connectivity index (χ4n) is 4.14. The molecule has 0 N–H and O–H groups in total. The molecule has 3 fully saturated rings. The van der Waals surface area contributed by atoms with Crippen molar-refractivity contribution in [1.82, 2.24) is 9.80 Å². The van der Waals surface area contributed by atoms with Gasteiger partial charge in [0, 0.05) is 13.2 Å². The van der Waals surface area contributed by atoms with Crippen LogP contribution in [0, 0.1) is 5.92 Å². The van der Waals surface area contributed by atoms with Gasteiger partial charge in [-0.05, 0) is 90.0 Å². The molecule has 1 atom stereocenters. The molecule has 0 spiro atoms. The summed E-state index contributed by atoms with van der Waals surface area (Å²) in [6.07, 6.45) is 11.7. The first-order valence-corrected chi connectivity index (χ1v) is 8.96. The van der Waals surface area contributed by atoms with Gasteiger partial charge in [-0.1, -0.05) is 0 Å². The van der Waals surface area contributed by atoms with Gasteiger partial charge in [0.25, 0.3) is 0 Å². The van der Waals surface area contributed by atoms with Crippen molar-refractivity contribution in [1.29, 1.82) is 0 Å². The van der Waals surface area contributed by atoms with Crippen molar-refractivity contribution in [3.8, 4) is 0 Å². The molecule has 0 bridgehead atoms. The third kappa shape index (κ3) is 4.44. The summed E-state index contributed by atoms with van der Waals surface area (Å²) >= 11 is 0. The van der Waals surface area contributed by atoms with Crippen molar-refractivity contribution >= 4 is 0 Å². The average Bonchev–Trinajstić information content (AvgIpc) is 3.14. The molecule has 0 amide bonds. The molecule has 3 heterocycles. The van der Waals surface area contributed by atoms with Gasteiger partial charge in [-0.2, -0.15) is 0 Å². The van der Waals surface area contributed by atoms with E-state index in [0.717, 1.165) is 12.5 Å². The smallest absolute Gasteiger partial charge is 0.0702 e. The highest BCUT2D eigenvalue weighted by Gasteiger charge is 2.23. The Labute approximate surface area is 124 Å². The van der Waals surface area contributed by atoms with E-state index in [4.69, 9.17) is 4.74 Å². The Morgan fingerprint density at radius 2 is 1.65 bits per heavy atom. The molecule has 116 valence electrons.